The molecule has 0 saturated carbocycles. The molecule has 3 aromatic carbocycles. The molecule has 200 valence electrons. The number of aryl methyl sites for hydroxylation is 2. The second-order valence-corrected chi connectivity index (χ2v) is 9.23. The summed E-state index contributed by atoms with van der Waals surface area (Å²) >= 11 is 0. The predicted octanol–water partition coefficient (Wildman–Crippen LogP) is 3.81. The number of phenolic OH excluding ortho intramolecular Hbond substituents is 4. The number of esters is 2. The number of phenols is 4. The summed E-state index contributed by atoms with van der Waals surface area (Å²) in [4.78, 5) is 37.7. The number of cyclic esters (lactones) is 1. The van der Waals surface area contributed by atoms with Gasteiger partial charge in [0.1, 0.15) is 34.1 Å². The highest BCUT2D eigenvalue weighted by atomic mass is 16.6. The zero-order chi connectivity index (χ0) is 28.3. The van der Waals surface area contributed by atoms with Gasteiger partial charge in [-0.15, -0.1) is 0 Å². The Morgan fingerprint density at radius 1 is 0.872 bits per heavy atom. The van der Waals surface area contributed by atoms with Crippen molar-refractivity contribution in [2.45, 2.75) is 33.5 Å². The van der Waals surface area contributed by atoms with Gasteiger partial charge in [0.2, 0.25) is 6.29 Å². The highest BCUT2D eigenvalue weighted by Crippen LogP contribution is 2.55. The number of aliphatic hydroxyl groups is 1. The fraction of sp³-hybridized carbons (Fsp3) is 0.179. The molecule has 0 bridgehead atoms. The van der Waals surface area contributed by atoms with Crippen LogP contribution in [0.25, 0.3) is 6.08 Å². The van der Waals surface area contributed by atoms with Crippen molar-refractivity contribution in [3.05, 3.63) is 68.8 Å². The van der Waals surface area contributed by atoms with E-state index in [0.29, 0.717) is 5.56 Å². The van der Waals surface area contributed by atoms with E-state index in [1.54, 1.807) is 6.92 Å². The number of fused-ring (bicyclic) bond motifs is 4. The largest absolute Gasteiger partial charge is 0.508 e. The van der Waals surface area contributed by atoms with Crippen molar-refractivity contribution in [2.75, 3.05) is 0 Å². The van der Waals surface area contributed by atoms with Gasteiger partial charge in [0.25, 0.3) is 0 Å². The Kier molecular flexibility index (Phi) is 5.95. The Bertz CT molecular complexity index is 1630. The van der Waals surface area contributed by atoms with E-state index in [1.165, 1.54) is 32.1 Å². The van der Waals surface area contributed by atoms with Crippen molar-refractivity contribution in [3.63, 3.8) is 0 Å². The maximum atomic E-state index is 13.4. The molecule has 2 heterocycles. The zero-order valence-corrected chi connectivity index (χ0v) is 20.9. The Hall–Kier alpha value is -5.03. The van der Waals surface area contributed by atoms with Crippen LogP contribution in [0.2, 0.25) is 0 Å². The summed E-state index contributed by atoms with van der Waals surface area (Å²) in [5.74, 6) is -4.84. The van der Waals surface area contributed by atoms with Gasteiger partial charge in [-0.1, -0.05) is 0 Å². The van der Waals surface area contributed by atoms with Crippen molar-refractivity contribution in [2.24, 2.45) is 0 Å². The first-order chi connectivity index (χ1) is 18.4. The lowest BCUT2D eigenvalue weighted by molar-refractivity contribution is -0.112. The number of benzene rings is 3. The van der Waals surface area contributed by atoms with Gasteiger partial charge in [0.05, 0.1) is 11.1 Å². The molecule has 0 aromatic heterocycles. The smallest absolute Gasteiger partial charge is 0.347 e. The normalized spacial score (nSPS) is 15.6. The SMILES string of the molecule is CC(=O)/C=C/c1c(O)cc(C)c2c1Oc1c(c(Cc3c(C)cc(O)cc3O)c(O)c3c1C(O)OC3=O)OC2=O. The van der Waals surface area contributed by atoms with Gasteiger partial charge < -0.3 is 39.7 Å². The molecule has 0 fully saturated rings. The predicted molar refractivity (Wildman–Crippen MR) is 133 cm³/mol. The van der Waals surface area contributed by atoms with Crippen LogP contribution >= 0.6 is 0 Å². The van der Waals surface area contributed by atoms with Crippen LogP contribution < -0.4 is 9.47 Å². The van der Waals surface area contributed by atoms with E-state index in [9.17, 15) is 39.9 Å². The number of allylic oxidation sites excluding steroid dienone is 1. The highest BCUT2D eigenvalue weighted by molar-refractivity contribution is 6.03. The molecule has 11 heteroatoms. The molecule has 1 unspecified atom stereocenters. The van der Waals surface area contributed by atoms with Crippen LogP contribution in [0.1, 0.15) is 67.3 Å². The second kappa shape index (κ2) is 9.07. The quantitative estimate of drug-likeness (QED) is 0.187. The fourth-order valence-corrected chi connectivity index (χ4v) is 4.73. The molecular weight excluding hydrogens is 512 g/mol. The van der Waals surface area contributed by atoms with E-state index in [0.717, 1.165) is 12.1 Å². The number of rotatable bonds is 4. The third-order valence-corrected chi connectivity index (χ3v) is 6.56. The van der Waals surface area contributed by atoms with Gasteiger partial charge in [-0.25, -0.2) is 9.59 Å². The van der Waals surface area contributed by atoms with Crippen molar-refractivity contribution >= 4 is 23.8 Å². The van der Waals surface area contributed by atoms with E-state index in [-0.39, 0.29) is 80.1 Å². The van der Waals surface area contributed by atoms with Crippen molar-refractivity contribution < 1.29 is 54.1 Å². The summed E-state index contributed by atoms with van der Waals surface area (Å²) in [6, 6.07) is 3.73. The topological polar surface area (TPSA) is 180 Å². The van der Waals surface area contributed by atoms with Gasteiger partial charge >= 0.3 is 11.9 Å². The van der Waals surface area contributed by atoms with E-state index >= 15 is 0 Å². The average molecular weight is 534 g/mol. The number of aliphatic hydroxyl groups excluding tert-OH is 1. The van der Waals surface area contributed by atoms with Crippen LogP contribution in [0.5, 0.6) is 40.2 Å². The third kappa shape index (κ3) is 4.09. The Morgan fingerprint density at radius 2 is 1.59 bits per heavy atom. The van der Waals surface area contributed by atoms with Crippen LogP contribution in [0, 0.1) is 13.8 Å². The van der Waals surface area contributed by atoms with Crippen LogP contribution in [0.4, 0.5) is 0 Å². The Labute approximate surface area is 220 Å². The third-order valence-electron chi connectivity index (χ3n) is 6.56. The van der Waals surface area contributed by atoms with Crippen molar-refractivity contribution in [3.8, 4) is 40.2 Å². The summed E-state index contributed by atoms with van der Waals surface area (Å²) in [5, 5.41) is 52.7. The van der Waals surface area contributed by atoms with E-state index < -0.39 is 29.5 Å². The lowest BCUT2D eigenvalue weighted by atomic mass is 9.93. The van der Waals surface area contributed by atoms with Gasteiger partial charge in [-0.05, 0) is 56.2 Å². The van der Waals surface area contributed by atoms with Crippen molar-refractivity contribution in [1.82, 2.24) is 0 Å². The first kappa shape index (κ1) is 25.6. The fourth-order valence-electron chi connectivity index (χ4n) is 4.73. The summed E-state index contributed by atoms with van der Waals surface area (Å²) < 4.78 is 16.7. The number of hydrogen-bond donors (Lipinski definition) is 5. The number of ether oxygens (including phenoxy) is 3. The van der Waals surface area contributed by atoms with Gasteiger partial charge in [0.15, 0.2) is 23.0 Å². The maximum Gasteiger partial charge on any atom is 0.347 e. The van der Waals surface area contributed by atoms with Crippen molar-refractivity contribution in [1.29, 1.82) is 0 Å². The first-order valence-electron chi connectivity index (χ1n) is 11.7. The van der Waals surface area contributed by atoms with Crippen LogP contribution in [-0.4, -0.2) is 43.3 Å². The lowest BCUT2D eigenvalue weighted by Crippen LogP contribution is -2.11. The Balaban J connectivity index is 1.82. The first-order valence-corrected chi connectivity index (χ1v) is 11.7. The van der Waals surface area contributed by atoms with Gasteiger partial charge in [-0.2, -0.15) is 0 Å². The minimum absolute atomic E-state index is 0.0502. The summed E-state index contributed by atoms with van der Waals surface area (Å²) in [6.07, 6.45) is 0.207. The standard InChI is InChI=1S/C28H22O11/c1-10-6-13(30)8-18(32)15(10)9-16-22(33)20-21(28(36)39-27(20)35)25-24(16)38-26(34)19-11(2)7-17(31)14(23(19)37-25)5-4-12(3)29/h4-8,28,30-33,36H,9H2,1-3H3/b5-4+. The number of carbonyl (C=O) groups excluding carboxylic acids is 3. The van der Waals surface area contributed by atoms with Gasteiger partial charge in [0, 0.05) is 23.6 Å². The molecular formula is C28H22O11. The molecule has 1 atom stereocenters. The molecule has 0 aliphatic carbocycles. The van der Waals surface area contributed by atoms with Crippen LogP contribution in [0.15, 0.2) is 24.3 Å². The average Bonchev–Trinajstić information content (AvgIpc) is 3.03. The Morgan fingerprint density at radius 3 is 2.26 bits per heavy atom. The number of hydrogen-bond acceptors (Lipinski definition) is 11. The molecule has 0 radical (unpaired) electrons. The molecule has 0 saturated heterocycles. The minimum atomic E-state index is -1.89. The monoisotopic (exact) mass is 534 g/mol. The van der Waals surface area contributed by atoms with Crippen LogP contribution in [-0.2, 0) is 16.0 Å². The molecule has 5 rings (SSSR count). The molecule has 0 spiro atoms. The molecule has 39 heavy (non-hydrogen) atoms. The number of aromatic hydroxyl groups is 4. The molecule has 5 N–H and O–H groups in total. The molecule has 2 aliphatic heterocycles. The van der Waals surface area contributed by atoms with E-state index in [1.807, 2.05) is 0 Å². The molecule has 3 aromatic rings. The number of carbonyl (C=O) groups is 3. The lowest BCUT2D eigenvalue weighted by Gasteiger charge is -2.19. The van der Waals surface area contributed by atoms with Gasteiger partial charge in [-0.3, -0.25) is 4.79 Å². The summed E-state index contributed by atoms with van der Waals surface area (Å²) in [7, 11) is 0. The summed E-state index contributed by atoms with van der Waals surface area (Å²) in [5.41, 5.74) is -0.166. The molecule has 0 amide bonds. The van der Waals surface area contributed by atoms with Crippen LogP contribution in [0.3, 0.4) is 0 Å². The maximum absolute atomic E-state index is 13.4. The zero-order valence-electron chi connectivity index (χ0n) is 20.9. The second-order valence-electron chi connectivity index (χ2n) is 9.23. The molecule has 11 nitrogen and oxygen atoms in total. The van der Waals surface area contributed by atoms with E-state index in [4.69, 9.17) is 14.2 Å². The highest BCUT2D eigenvalue weighted by Gasteiger charge is 2.43. The summed E-state index contributed by atoms with van der Waals surface area (Å²) in [6.45, 7) is 4.39. The number of ketones is 1. The molecule has 2 aliphatic rings. The minimum Gasteiger partial charge on any atom is -0.508 e. The van der Waals surface area contributed by atoms with E-state index in [2.05, 4.69) is 0 Å².